The molecule has 17 heavy (non-hydrogen) atoms. The Morgan fingerprint density at radius 1 is 0.941 bits per heavy atom. The SMILES string of the molecule is Cc1ccc(F)c(-c2ccc(C#N)cc2F)c1. The number of hydrogen-bond donors (Lipinski definition) is 0. The van der Waals surface area contributed by atoms with Crippen molar-refractivity contribution in [2.45, 2.75) is 6.92 Å². The molecule has 0 radical (unpaired) electrons. The third-order valence-electron chi connectivity index (χ3n) is 2.51. The van der Waals surface area contributed by atoms with Gasteiger partial charge in [0.25, 0.3) is 0 Å². The van der Waals surface area contributed by atoms with E-state index in [-0.39, 0.29) is 16.7 Å². The summed E-state index contributed by atoms with van der Waals surface area (Å²) < 4.78 is 27.3. The molecule has 0 aliphatic carbocycles. The van der Waals surface area contributed by atoms with Crippen LogP contribution in [0.3, 0.4) is 0 Å². The van der Waals surface area contributed by atoms with E-state index >= 15 is 0 Å². The van der Waals surface area contributed by atoms with Gasteiger partial charge in [0, 0.05) is 11.1 Å². The lowest BCUT2D eigenvalue weighted by atomic mass is 10.0. The molecule has 2 aromatic carbocycles. The zero-order chi connectivity index (χ0) is 12.4. The highest BCUT2D eigenvalue weighted by Crippen LogP contribution is 2.27. The lowest BCUT2D eigenvalue weighted by molar-refractivity contribution is 0.616. The van der Waals surface area contributed by atoms with E-state index in [0.717, 1.165) is 11.6 Å². The molecule has 0 aliphatic heterocycles. The quantitative estimate of drug-likeness (QED) is 0.729. The predicted octanol–water partition coefficient (Wildman–Crippen LogP) is 3.81. The molecule has 0 fully saturated rings. The molecule has 0 aromatic heterocycles. The van der Waals surface area contributed by atoms with Crippen LogP contribution in [-0.4, -0.2) is 0 Å². The molecule has 0 atom stereocenters. The molecule has 0 N–H and O–H groups in total. The van der Waals surface area contributed by atoms with Gasteiger partial charge in [-0.25, -0.2) is 8.78 Å². The first-order valence-electron chi connectivity index (χ1n) is 5.08. The van der Waals surface area contributed by atoms with Crippen molar-refractivity contribution in [2.24, 2.45) is 0 Å². The number of benzene rings is 2. The van der Waals surface area contributed by atoms with Crippen molar-refractivity contribution in [1.82, 2.24) is 0 Å². The lowest BCUT2D eigenvalue weighted by Crippen LogP contribution is -1.90. The summed E-state index contributed by atoms with van der Waals surface area (Å²) in [6.07, 6.45) is 0. The molecular formula is C14H9F2N. The molecule has 0 saturated carbocycles. The van der Waals surface area contributed by atoms with Crippen LogP contribution in [0.25, 0.3) is 11.1 Å². The Labute approximate surface area is 97.9 Å². The average molecular weight is 229 g/mol. The lowest BCUT2D eigenvalue weighted by Gasteiger charge is -2.06. The highest BCUT2D eigenvalue weighted by atomic mass is 19.1. The highest BCUT2D eigenvalue weighted by Gasteiger charge is 2.10. The number of halogens is 2. The molecule has 2 aromatic rings. The van der Waals surface area contributed by atoms with Crippen LogP contribution in [-0.2, 0) is 0 Å². The Hall–Kier alpha value is -2.21. The first-order chi connectivity index (χ1) is 8.11. The summed E-state index contributed by atoms with van der Waals surface area (Å²) in [4.78, 5) is 0. The van der Waals surface area contributed by atoms with Crippen molar-refractivity contribution < 1.29 is 8.78 Å². The second-order valence-electron chi connectivity index (χ2n) is 3.79. The summed E-state index contributed by atoms with van der Waals surface area (Å²) >= 11 is 0. The smallest absolute Gasteiger partial charge is 0.132 e. The van der Waals surface area contributed by atoms with E-state index in [1.54, 1.807) is 12.1 Å². The summed E-state index contributed by atoms with van der Waals surface area (Å²) in [5.74, 6) is -1.06. The van der Waals surface area contributed by atoms with Crippen LogP contribution in [0, 0.1) is 29.9 Å². The molecule has 0 bridgehead atoms. The third kappa shape index (κ3) is 2.16. The van der Waals surface area contributed by atoms with Crippen molar-refractivity contribution in [3.8, 4) is 17.2 Å². The van der Waals surface area contributed by atoms with Gasteiger partial charge in [-0.1, -0.05) is 17.7 Å². The fourth-order valence-corrected chi connectivity index (χ4v) is 1.65. The number of hydrogen-bond acceptors (Lipinski definition) is 1. The van der Waals surface area contributed by atoms with Gasteiger partial charge >= 0.3 is 0 Å². The molecule has 0 unspecified atom stereocenters. The maximum atomic E-state index is 13.7. The monoisotopic (exact) mass is 229 g/mol. The molecule has 84 valence electrons. The van der Waals surface area contributed by atoms with E-state index in [4.69, 9.17) is 5.26 Å². The van der Waals surface area contributed by atoms with Gasteiger partial charge in [-0.2, -0.15) is 5.26 Å². The molecular weight excluding hydrogens is 220 g/mol. The van der Waals surface area contributed by atoms with Crippen LogP contribution >= 0.6 is 0 Å². The van der Waals surface area contributed by atoms with Gasteiger partial charge in [0.05, 0.1) is 11.6 Å². The molecule has 1 nitrogen and oxygen atoms in total. The van der Waals surface area contributed by atoms with Gasteiger partial charge in [-0.15, -0.1) is 0 Å². The summed E-state index contributed by atoms with van der Waals surface area (Å²) in [5.41, 5.74) is 1.46. The first kappa shape index (κ1) is 11.3. The molecule has 0 heterocycles. The minimum absolute atomic E-state index is 0.171. The molecule has 0 aliphatic rings. The van der Waals surface area contributed by atoms with E-state index < -0.39 is 11.6 Å². The van der Waals surface area contributed by atoms with Gasteiger partial charge in [-0.05, 0) is 31.2 Å². The van der Waals surface area contributed by atoms with Crippen molar-refractivity contribution in [1.29, 1.82) is 5.26 Å². The molecule has 0 spiro atoms. The predicted molar refractivity (Wildman–Crippen MR) is 61.2 cm³/mol. The summed E-state index contributed by atoms with van der Waals surface area (Å²) in [5, 5.41) is 8.63. The van der Waals surface area contributed by atoms with E-state index in [1.165, 1.54) is 18.2 Å². The summed E-state index contributed by atoms with van der Waals surface area (Å²) in [6.45, 7) is 1.81. The number of nitriles is 1. The zero-order valence-electron chi connectivity index (χ0n) is 9.17. The summed E-state index contributed by atoms with van der Waals surface area (Å²) in [6, 6.07) is 10.4. The Kier molecular flexibility index (Phi) is 2.88. The van der Waals surface area contributed by atoms with Gasteiger partial charge in [-0.3, -0.25) is 0 Å². The van der Waals surface area contributed by atoms with Gasteiger partial charge in [0.1, 0.15) is 11.6 Å². The fraction of sp³-hybridized carbons (Fsp3) is 0.0714. The standard InChI is InChI=1S/C14H9F2N/c1-9-2-5-13(15)12(6-9)11-4-3-10(8-17)7-14(11)16/h2-7H,1H3. The van der Waals surface area contributed by atoms with E-state index in [9.17, 15) is 8.78 Å². The van der Waals surface area contributed by atoms with Crippen molar-refractivity contribution in [3.63, 3.8) is 0 Å². The number of aryl methyl sites for hydroxylation is 1. The maximum absolute atomic E-state index is 13.7. The van der Waals surface area contributed by atoms with Crippen molar-refractivity contribution >= 4 is 0 Å². The minimum atomic E-state index is -0.589. The second kappa shape index (κ2) is 4.34. The minimum Gasteiger partial charge on any atom is -0.206 e. The van der Waals surface area contributed by atoms with Crippen LogP contribution < -0.4 is 0 Å². The Balaban J connectivity index is 2.61. The van der Waals surface area contributed by atoms with E-state index in [2.05, 4.69) is 0 Å². The van der Waals surface area contributed by atoms with Crippen LogP contribution in [0.2, 0.25) is 0 Å². The molecule has 0 amide bonds. The van der Waals surface area contributed by atoms with E-state index in [1.807, 2.05) is 13.0 Å². The van der Waals surface area contributed by atoms with Gasteiger partial charge < -0.3 is 0 Å². The van der Waals surface area contributed by atoms with Crippen molar-refractivity contribution in [2.75, 3.05) is 0 Å². The Morgan fingerprint density at radius 3 is 2.35 bits per heavy atom. The van der Waals surface area contributed by atoms with Crippen LogP contribution in [0.5, 0.6) is 0 Å². The third-order valence-corrected chi connectivity index (χ3v) is 2.51. The largest absolute Gasteiger partial charge is 0.206 e. The molecule has 0 saturated heterocycles. The van der Waals surface area contributed by atoms with Gasteiger partial charge in [0.15, 0.2) is 0 Å². The number of rotatable bonds is 1. The Bertz CT molecular complexity index is 612. The van der Waals surface area contributed by atoms with Crippen LogP contribution in [0.1, 0.15) is 11.1 Å². The van der Waals surface area contributed by atoms with E-state index in [0.29, 0.717) is 0 Å². The second-order valence-corrected chi connectivity index (χ2v) is 3.79. The molecule has 3 heteroatoms. The van der Waals surface area contributed by atoms with Crippen molar-refractivity contribution in [3.05, 3.63) is 59.2 Å². The fourth-order valence-electron chi connectivity index (χ4n) is 1.65. The van der Waals surface area contributed by atoms with Crippen LogP contribution in [0.4, 0.5) is 8.78 Å². The Morgan fingerprint density at radius 2 is 1.71 bits per heavy atom. The van der Waals surface area contributed by atoms with Gasteiger partial charge in [0.2, 0.25) is 0 Å². The topological polar surface area (TPSA) is 23.8 Å². The summed E-state index contributed by atoms with van der Waals surface area (Å²) in [7, 11) is 0. The zero-order valence-corrected chi connectivity index (χ0v) is 9.17. The number of nitrogens with zero attached hydrogens (tertiary/aromatic N) is 1. The normalized spacial score (nSPS) is 10.0. The molecule has 2 rings (SSSR count). The average Bonchev–Trinajstić information content (AvgIpc) is 2.32. The first-order valence-corrected chi connectivity index (χ1v) is 5.08. The maximum Gasteiger partial charge on any atom is 0.132 e. The van der Waals surface area contributed by atoms with Crippen LogP contribution in [0.15, 0.2) is 36.4 Å². The highest BCUT2D eigenvalue weighted by molar-refractivity contribution is 5.66.